The molecule has 2 aromatic heterocycles. The molecule has 0 aliphatic carbocycles. The predicted molar refractivity (Wildman–Crippen MR) is 117 cm³/mol. The first kappa shape index (κ1) is 22.3. The van der Waals surface area contributed by atoms with Crippen LogP contribution in [0.1, 0.15) is 36.9 Å². The summed E-state index contributed by atoms with van der Waals surface area (Å²) in [4.78, 5) is 29.5. The lowest BCUT2D eigenvalue weighted by molar-refractivity contribution is -0.137. The van der Waals surface area contributed by atoms with E-state index in [4.69, 9.17) is 4.42 Å². The van der Waals surface area contributed by atoms with E-state index in [9.17, 15) is 22.8 Å². The van der Waals surface area contributed by atoms with Gasteiger partial charge in [-0.3, -0.25) is 14.9 Å². The molecule has 2 heterocycles. The van der Waals surface area contributed by atoms with Gasteiger partial charge >= 0.3 is 6.18 Å². The fraction of sp³-hybridized carbons (Fsp3) is 0.0870. The van der Waals surface area contributed by atoms with Gasteiger partial charge in [-0.1, -0.05) is 24.3 Å². The molecule has 0 radical (unpaired) electrons. The van der Waals surface area contributed by atoms with Crippen LogP contribution in [-0.2, 0) is 12.6 Å². The Labute approximate surface area is 190 Å². The normalized spacial score (nSPS) is 11.2. The van der Waals surface area contributed by atoms with Gasteiger partial charge in [-0.25, -0.2) is 4.98 Å². The topological polar surface area (TPSA) is 84.2 Å². The number of furan rings is 1. The van der Waals surface area contributed by atoms with Crippen LogP contribution in [0.2, 0.25) is 0 Å². The molecule has 10 heteroatoms. The van der Waals surface area contributed by atoms with Gasteiger partial charge in [-0.15, -0.1) is 11.3 Å². The zero-order valence-corrected chi connectivity index (χ0v) is 17.7. The maximum absolute atomic E-state index is 12.9. The van der Waals surface area contributed by atoms with Crippen molar-refractivity contribution in [3.63, 3.8) is 0 Å². The van der Waals surface area contributed by atoms with Crippen molar-refractivity contribution in [3.8, 4) is 0 Å². The Bertz CT molecular complexity index is 1280. The summed E-state index contributed by atoms with van der Waals surface area (Å²) >= 11 is 1.17. The van der Waals surface area contributed by atoms with Crippen molar-refractivity contribution in [1.29, 1.82) is 0 Å². The van der Waals surface area contributed by atoms with Crippen LogP contribution in [0.15, 0.2) is 77.5 Å². The number of hydrogen-bond donors (Lipinski definition) is 2. The third kappa shape index (κ3) is 5.66. The van der Waals surface area contributed by atoms with Crippen LogP contribution in [0.5, 0.6) is 0 Å². The summed E-state index contributed by atoms with van der Waals surface area (Å²) in [5.41, 5.74) is 0.485. The van der Waals surface area contributed by atoms with Gasteiger partial charge in [0.25, 0.3) is 11.8 Å². The van der Waals surface area contributed by atoms with Gasteiger partial charge in [-0.05, 0) is 42.0 Å². The number of rotatable bonds is 6. The number of halogens is 3. The molecule has 0 atom stereocenters. The minimum absolute atomic E-state index is 0.140. The molecule has 2 amide bonds. The fourth-order valence-electron chi connectivity index (χ4n) is 3.01. The van der Waals surface area contributed by atoms with Crippen molar-refractivity contribution < 1.29 is 27.2 Å². The van der Waals surface area contributed by atoms with Gasteiger partial charge in [0.1, 0.15) is 0 Å². The minimum Gasteiger partial charge on any atom is -0.459 e. The number of aromatic nitrogens is 1. The maximum atomic E-state index is 12.9. The van der Waals surface area contributed by atoms with E-state index in [0.29, 0.717) is 26.8 Å². The van der Waals surface area contributed by atoms with Crippen LogP contribution in [-0.4, -0.2) is 16.8 Å². The summed E-state index contributed by atoms with van der Waals surface area (Å²) in [5.74, 6) is -0.748. The number of nitrogens with zero attached hydrogens (tertiary/aromatic N) is 1. The lowest BCUT2D eigenvalue weighted by Crippen LogP contribution is -2.14. The lowest BCUT2D eigenvalue weighted by atomic mass is 10.1. The van der Waals surface area contributed by atoms with E-state index in [0.717, 1.165) is 12.1 Å². The number of benzene rings is 2. The summed E-state index contributed by atoms with van der Waals surface area (Å²) in [6.07, 6.45) is -1.25. The first-order chi connectivity index (χ1) is 15.8. The first-order valence-electron chi connectivity index (χ1n) is 9.65. The van der Waals surface area contributed by atoms with E-state index in [1.54, 1.807) is 30.3 Å². The molecule has 0 aliphatic heterocycles. The number of thiazole rings is 1. The second-order valence-electron chi connectivity index (χ2n) is 6.97. The molecule has 33 heavy (non-hydrogen) atoms. The summed E-state index contributed by atoms with van der Waals surface area (Å²) in [6.45, 7) is 0. The van der Waals surface area contributed by atoms with Crippen LogP contribution >= 0.6 is 11.3 Å². The van der Waals surface area contributed by atoms with Gasteiger partial charge < -0.3 is 9.73 Å². The molecule has 0 bridgehead atoms. The molecule has 0 saturated heterocycles. The van der Waals surface area contributed by atoms with E-state index in [1.807, 2.05) is 0 Å². The molecule has 0 saturated carbocycles. The van der Waals surface area contributed by atoms with E-state index >= 15 is 0 Å². The Morgan fingerprint density at radius 1 is 0.970 bits per heavy atom. The molecule has 6 nitrogen and oxygen atoms in total. The van der Waals surface area contributed by atoms with Crippen LogP contribution in [0.25, 0.3) is 0 Å². The Hall–Kier alpha value is -3.92. The van der Waals surface area contributed by atoms with Crippen molar-refractivity contribution in [2.75, 3.05) is 10.6 Å². The van der Waals surface area contributed by atoms with E-state index in [2.05, 4.69) is 15.6 Å². The van der Waals surface area contributed by atoms with E-state index in [-0.39, 0.29) is 12.2 Å². The standard InChI is InChI=1S/C23H16F3N3O3S/c24-23(25,26)16-6-1-4-14(10-16)11-18-13-27-22(33-18)29-20(30)15-5-2-7-17(12-15)28-21(31)19-8-3-9-32-19/h1-10,12-13H,11H2,(H,28,31)(H,27,29,30). The largest absolute Gasteiger partial charge is 0.459 e. The summed E-state index contributed by atoms with van der Waals surface area (Å²) in [5, 5.41) is 5.62. The number of carbonyl (C=O) groups excluding carboxylic acids is 2. The number of alkyl halides is 3. The molecule has 4 rings (SSSR count). The number of anilines is 2. The highest BCUT2D eigenvalue weighted by Crippen LogP contribution is 2.30. The summed E-state index contributed by atoms with van der Waals surface area (Å²) in [7, 11) is 0. The quantitative estimate of drug-likeness (QED) is 0.370. The van der Waals surface area contributed by atoms with E-state index in [1.165, 1.54) is 42.0 Å². The highest BCUT2D eigenvalue weighted by Gasteiger charge is 2.30. The third-order valence-electron chi connectivity index (χ3n) is 4.53. The first-order valence-corrected chi connectivity index (χ1v) is 10.5. The van der Waals surface area contributed by atoms with Crippen molar-refractivity contribution in [1.82, 2.24) is 4.98 Å². The molecule has 4 aromatic rings. The zero-order chi connectivity index (χ0) is 23.4. The molecule has 2 aromatic carbocycles. The van der Waals surface area contributed by atoms with Crippen molar-refractivity contribution in [2.24, 2.45) is 0 Å². The molecular weight excluding hydrogens is 455 g/mol. The van der Waals surface area contributed by atoms with Gasteiger partial charge in [0.05, 0.1) is 11.8 Å². The minimum atomic E-state index is -4.41. The third-order valence-corrected chi connectivity index (χ3v) is 5.45. The lowest BCUT2D eigenvalue weighted by Gasteiger charge is -2.08. The second kappa shape index (κ2) is 9.29. The highest BCUT2D eigenvalue weighted by molar-refractivity contribution is 7.15. The fourth-order valence-corrected chi connectivity index (χ4v) is 3.86. The Morgan fingerprint density at radius 3 is 2.55 bits per heavy atom. The average Bonchev–Trinajstić information content (AvgIpc) is 3.46. The monoisotopic (exact) mass is 471 g/mol. The molecule has 0 spiro atoms. The summed E-state index contributed by atoms with van der Waals surface area (Å²) in [6, 6.07) is 14.5. The van der Waals surface area contributed by atoms with Crippen LogP contribution in [0.4, 0.5) is 24.0 Å². The van der Waals surface area contributed by atoms with Crippen LogP contribution in [0, 0.1) is 0 Å². The molecule has 0 fully saturated rings. The van der Waals surface area contributed by atoms with Gasteiger partial charge in [0.15, 0.2) is 10.9 Å². The number of nitrogens with one attached hydrogen (secondary N) is 2. The Balaban J connectivity index is 1.40. The summed E-state index contributed by atoms with van der Waals surface area (Å²) < 4.78 is 43.7. The molecule has 2 N–H and O–H groups in total. The van der Waals surface area contributed by atoms with Gasteiger partial charge in [0, 0.05) is 28.7 Å². The van der Waals surface area contributed by atoms with Crippen LogP contribution in [0.3, 0.4) is 0 Å². The Morgan fingerprint density at radius 2 is 1.79 bits per heavy atom. The Kier molecular flexibility index (Phi) is 6.27. The molecule has 168 valence electrons. The number of hydrogen-bond acceptors (Lipinski definition) is 5. The SMILES string of the molecule is O=C(Nc1ncc(Cc2cccc(C(F)(F)F)c2)s1)c1cccc(NC(=O)c2ccco2)c1. The number of carbonyl (C=O) groups is 2. The zero-order valence-electron chi connectivity index (χ0n) is 16.8. The van der Waals surface area contributed by atoms with Crippen molar-refractivity contribution in [3.05, 3.63) is 100 Å². The molecular formula is C23H16F3N3O3S. The van der Waals surface area contributed by atoms with Gasteiger partial charge in [0.2, 0.25) is 0 Å². The molecule has 0 aliphatic rings. The van der Waals surface area contributed by atoms with Crippen molar-refractivity contribution >= 4 is 34.0 Å². The highest BCUT2D eigenvalue weighted by atomic mass is 32.1. The average molecular weight is 471 g/mol. The number of amides is 2. The maximum Gasteiger partial charge on any atom is 0.416 e. The second-order valence-corrected chi connectivity index (χ2v) is 8.09. The van der Waals surface area contributed by atoms with Crippen LogP contribution < -0.4 is 10.6 Å². The van der Waals surface area contributed by atoms with Crippen molar-refractivity contribution in [2.45, 2.75) is 12.6 Å². The predicted octanol–water partition coefficient (Wildman–Crippen LogP) is 5.85. The molecule has 0 unspecified atom stereocenters. The van der Waals surface area contributed by atoms with E-state index < -0.39 is 23.6 Å². The van der Waals surface area contributed by atoms with Gasteiger partial charge in [-0.2, -0.15) is 13.2 Å². The smallest absolute Gasteiger partial charge is 0.416 e.